The largest absolute Gasteiger partial charge is 0.478 e. The number of carbonyl (C=O) groups is 2. The molecule has 0 radical (unpaired) electrons. The number of halogens is 2. The average Bonchev–Trinajstić information content (AvgIpc) is 2.40. The molecule has 1 amide bonds. The Balaban J connectivity index is 2.30. The monoisotopic (exact) mass is 338 g/mol. The molecule has 0 aliphatic heterocycles. The van der Waals surface area contributed by atoms with E-state index in [-0.39, 0.29) is 11.3 Å². The molecule has 0 saturated carbocycles. The highest BCUT2D eigenvalue weighted by Gasteiger charge is 2.14. The molecule has 2 N–H and O–H groups in total. The first-order chi connectivity index (χ1) is 9.47. The van der Waals surface area contributed by atoms with Gasteiger partial charge in [0.1, 0.15) is 10.4 Å². The lowest BCUT2D eigenvalue weighted by atomic mass is 10.1. The van der Waals surface area contributed by atoms with Crippen LogP contribution in [0.5, 0.6) is 0 Å². The summed E-state index contributed by atoms with van der Waals surface area (Å²) in [4.78, 5) is 26.9. The number of hydrogen-bond acceptors (Lipinski definition) is 3. The quantitative estimate of drug-likeness (QED) is 0.843. The molecule has 1 aromatic heterocycles. The van der Waals surface area contributed by atoms with Gasteiger partial charge < -0.3 is 10.4 Å². The van der Waals surface area contributed by atoms with Gasteiger partial charge in [0.15, 0.2) is 0 Å². The molecule has 1 heterocycles. The number of rotatable bonds is 3. The topological polar surface area (TPSA) is 79.3 Å². The lowest BCUT2D eigenvalue weighted by Gasteiger charge is -2.08. The standard InChI is InChI=1S/C13H8BrFN2O3/c14-11-5-7(3-4-16-11)12(18)17-10-2-1-8(15)6-9(10)13(19)20/h1-6H,(H,17,18)(H,19,20). The van der Waals surface area contributed by atoms with Crippen LogP contribution in [0.15, 0.2) is 41.1 Å². The van der Waals surface area contributed by atoms with Gasteiger partial charge in [-0.1, -0.05) is 0 Å². The van der Waals surface area contributed by atoms with Crippen molar-refractivity contribution in [2.75, 3.05) is 5.32 Å². The number of anilines is 1. The Bertz CT molecular complexity index is 691. The maximum atomic E-state index is 13.0. The van der Waals surface area contributed by atoms with Crippen molar-refractivity contribution < 1.29 is 19.1 Å². The summed E-state index contributed by atoms with van der Waals surface area (Å²) in [5, 5.41) is 11.4. The summed E-state index contributed by atoms with van der Waals surface area (Å²) in [5.74, 6) is -2.52. The summed E-state index contributed by atoms with van der Waals surface area (Å²) in [7, 11) is 0. The average molecular weight is 339 g/mol. The smallest absolute Gasteiger partial charge is 0.337 e. The van der Waals surface area contributed by atoms with Crippen molar-refractivity contribution in [3.05, 3.63) is 58.1 Å². The van der Waals surface area contributed by atoms with Gasteiger partial charge in [-0.05, 0) is 46.3 Å². The van der Waals surface area contributed by atoms with Crippen LogP contribution in [0.3, 0.4) is 0 Å². The molecule has 2 rings (SSSR count). The van der Waals surface area contributed by atoms with Gasteiger partial charge in [-0.25, -0.2) is 14.2 Å². The number of benzene rings is 1. The van der Waals surface area contributed by atoms with Gasteiger partial charge in [0, 0.05) is 11.8 Å². The van der Waals surface area contributed by atoms with Gasteiger partial charge in [-0.2, -0.15) is 0 Å². The SMILES string of the molecule is O=C(Nc1ccc(F)cc1C(=O)O)c1ccnc(Br)c1. The molecule has 7 heteroatoms. The molecule has 0 saturated heterocycles. The first-order valence-corrected chi connectivity index (χ1v) is 6.22. The Morgan fingerprint density at radius 3 is 2.65 bits per heavy atom. The van der Waals surface area contributed by atoms with E-state index in [4.69, 9.17) is 5.11 Å². The molecule has 20 heavy (non-hydrogen) atoms. The Morgan fingerprint density at radius 1 is 1.25 bits per heavy atom. The number of carboxylic acid groups (broad SMARTS) is 1. The Kier molecular flexibility index (Phi) is 4.09. The Hall–Kier alpha value is -2.28. The summed E-state index contributed by atoms with van der Waals surface area (Å²) in [6.07, 6.45) is 1.43. The maximum Gasteiger partial charge on any atom is 0.337 e. The number of hydrogen-bond donors (Lipinski definition) is 2. The lowest BCUT2D eigenvalue weighted by molar-refractivity contribution is 0.0697. The zero-order valence-corrected chi connectivity index (χ0v) is 11.5. The predicted molar refractivity (Wildman–Crippen MR) is 73.2 cm³/mol. The van der Waals surface area contributed by atoms with Crippen LogP contribution in [0.1, 0.15) is 20.7 Å². The number of nitrogens with one attached hydrogen (secondary N) is 1. The van der Waals surface area contributed by atoms with Crippen LogP contribution in [0.2, 0.25) is 0 Å². The van der Waals surface area contributed by atoms with Gasteiger partial charge in [-0.15, -0.1) is 0 Å². The first-order valence-electron chi connectivity index (χ1n) is 5.43. The predicted octanol–water partition coefficient (Wildman–Crippen LogP) is 2.93. The molecule has 102 valence electrons. The van der Waals surface area contributed by atoms with Gasteiger partial charge in [0.05, 0.1) is 11.3 Å². The number of nitrogens with zero attached hydrogens (tertiary/aromatic N) is 1. The van der Waals surface area contributed by atoms with E-state index >= 15 is 0 Å². The van der Waals surface area contributed by atoms with Crippen molar-refractivity contribution in [1.82, 2.24) is 4.98 Å². The highest BCUT2D eigenvalue weighted by Crippen LogP contribution is 2.18. The van der Waals surface area contributed by atoms with E-state index in [1.165, 1.54) is 24.4 Å². The highest BCUT2D eigenvalue weighted by molar-refractivity contribution is 9.10. The normalized spacial score (nSPS) is 10.1. The molecule has 0 atom stereocenters. The molecule has 2 aromatic rings. The van der Waals surface area contributed by atoms with E-state index in [0.29, 0.717) is 10.2 Å². The van der Waals surface area contributed by atoms with Crippen LogP contribution in [-0.2, 0) is 0 Å². The fourth-order valence-corrected chi connectivity index (χ4v) is 1.91. The molecule has 0 fully saturated rings. The number of carbonyl (C=O) groups excluding carboxylic acids is 1. The van der Waals surface area contributed by atoms with Crippen LogP contribution in [0.4, 0.5) is 10.1 Å². The molecule has 0 spiro atoms. The van der Waals surface area contributed by atoms with Crippen LogP contribution in [-0.4, -0.2) is 22.0 Å². The van der Waals surface area contributed by atoms with Crippen molar-refractivity contribution in [3.63, 3.8) is 0 Å². The van der Waals surface area contributed by atoms with E-state index in [2.05, 4.69) is 26.2 Å². The third kappa shape index (κ3) is 3.18. The van der Waals surface area contributed by atoms with Crippen LogP contribution in [0, 0.1) is 5.82 Å². The van der Waals surface area contributed by atoms with Crippen molar-refractivity contribution >= 4 is 33.5 Å². The molecule has 0 aliphatic carbocycles. The Labute approximate surface area is 121 Å². The number of aromatic carboxylic acids is 1. The summed E-state index contributed by atoms with van der Waals surface area (Å²) < 4.78 is 13.5. The summed E-state index contributed by atoms with van der Waals surface area (Å²) >= 11 is 3.13. The summed E-state index contributed by atoms with van der Waals surface area (Å²) in [5.41, 5.74) is 0.0100. The first kappa shape index (κ1) is 14.1. The van der Waals surface area contributed by atoms with E-state index in [9.17, 15) is 14.0 Å². The van der Waals surface area contributed by atoms with Gasteiger partial charge in [0.25, 0.3) is 5.91 Å². The van der Waals surface area contributed by atoms with Crippen LogP contribution < -0.4 is 5.32 Å². The molecule has 5 nitrogen and oxygen atoms in total. The zero-order chi connectivity index (χ0) is 14.7. The molecule has 0 unspecified atom stereocenters. The second-order valence-corrected chi connectivity index (χ2v) is 4.63. The van der Waals surface area contributed by atoms with E-state index in [1.54, 1.807) is 0 Å². The molecule has 0 aliphatic rings. The molecular weight excluding hydrogens is 331 g/mol. The number of pyridine rings is 1. The molecular formula is C13H8BrFN2O3. The van der Waals surface area contributed by atoms with Gasteiger partial charge in [-0.3, -0.25) is 4.79 Å². The lowest BCUT2D eigenvalue weighted by Crippen LogP contribution is -2.15. The van der Waals surface area contributed by atoms with Crippen molar-refractivity contribution in [2.45, 2.75) is 0 Å². The van der Waals surface area contributed by atoms with Crippen molar-refractivity contribution in [1.29, 1.82) is 0 Å². The Morgan fingerprint density at radius 2 is 2.00 bits per heavy atom. The number of amides is 1. The maximum absolute atomic E-state index is 13.0. The third-order valence-electron chi connectivity index (χ3n) is 2.45. The summed E-state index contributed by atoms with van der Waals surface area (Å²) in [6.45, 7) is 0. The van der Waals surface area contributed by atoms with Crippen molar-refractivity contribution in [3.8, 4) is 0 Å². The second-order valence-electron chi connectivity index (χ2n) is 3.82. The zero-order valence-electron chi connectivity index (χ0n) is 9.93. The number of aromatic nitrogens is 1. The van der Waals surface area contributed by atoms with Crippen LogP contribution in [0.25, 0.3) is 0 Å². The van der Waals surface area contributed by atoms with E-state index < -0.39 is 17.7 Å². The fourth-order valence-electron chi connectivity index (χ4n) is 1.54. The minimum absolute atomic E-state index is 0.0248. The number of carboxylic acids is 1. The third-order valence-corrected chi connectivity index (χ3v) is 2.88. The molecule has 1 aromatic carbocycles. The second kappa shape index (κ2) is 5.79. The molecule has 0 bridgehead atoms. The highest BCUT2D eigenvalue weighted by atomic mass is 79.9. The summed E-state index contributed by atoms with van der Waals surface area (Å²) in [6, 6.07) is 6.08. The van der Waals surface area contributed by atoms with Gasteiger partial charge >= 0.3 is 5.97 Å². The van der Waals surface area contributed by atoms with Gasteiger partial charge in [0.2, 0.25) is 0 Å². The minimum Gasteiger partial charge on any atom is -0.478 e. The minimum atomic E-state index is -1.32. The fraction of sp³-hybridized carbons (Fsp3) is 0. The van der Waals surface area contributed by atoms with Crippen LogP contribution >= 0.6 is 15.9 Å². The van der Waals surface area contributed by atoms with E-state index in [1.807, 2.05) is 0 Å². The van der Waals surface area contributed by atoms with Crippen molar-refractivity contribution in [2.24, 2.45) is 0 Å². The van der Waals surface area contributed by atoms with E-state index in [0.717, 1.165) is 12.1 Å².